The van der Waals surface area contributed by atoms with Gasteiger partial charge >= 0.3 is 5.97 Å². The fourth-order valence-corrected chi connectivity index (χ4v) is 6.23. The number of phenols is 1. The maximum absolute atomic E-state index is 13.6. The van der Waals surface area contributed by atoms with Gasteiger partial charge < -0.3 is 19.3 Å². The standard InChI is InChI=1S/C27H23Cl2N3O4/c28-20-2-1-3-21(29)23(20)25-24(26(36-31-25)14-4-5-14)27(34)35-19-10-16-8-9-17(11-19)32(16)18-7-6-15(13-30)22(33)12-18/h1-3,6-7,12,14,16-17,19,33H,4-5,8-11H2/t16-,17+,19?. The number of piperidine rings is 1. The van der Waals surface area contributed by atoms with Crippen molar-refractivity contribution in [1.29, 1.82) is 5.26 Å². The molecule has 3 aliphatic rings. The van der Waals surface area contributed by atoms with Crippen LogP contribution in [0.5, 0.6) is 5.75 Å². The number of hydrogen-bond acceptors (Lipinski definition) is 7. The van der Waals surface area contributed by atoms with Gasteiger partial charge in [0, 0.05) is 48.2 Å². The van der Waals surface area contributed by atoms with Gasteiger partial charge in [0.15, 0.2) is 5.76 Å². The Bertz CT molecular complexity index is 1360. The summed E-state index contributed by atoms with van der Waals surface area (Å²) in [6.07, 6.45) is 4.91. The van der Waals surface area contributed by atoms with Crippen molar-refractivity contribution >= 4 is 34.9 Å². The summed E-state index contributed by atoms with van der Waals surface area (Å²) in [6.45, 7) is 0. The van der Waals surface area contributed by atoms with Crippen molar-refractivity contribution in [2.45, 2.75) is 62.6 Å². The molecule has 9 heteroatoms. The van der Waals surface area contributed by atoms with Crippen LogP contribution in [-0.2, 0) is 4.74 Å². The van der Waals surface area contributed by atoms with Gasteiger partial charge in [-0.3, -0.25) is 0 Å². The average Bonchev–Trinajstić information content (AvgIpc) is 3.55. The molecule has 1 saturated carbocycles. The molecule has 184 valence electrons. The van der Waals surface area contributed by atoms with Gasteiger partial charge in [-0.2, -0.15) is 5.26 Å². The van der Waals surface area contributed by atoms with Crippen LogP contribution in [0, 0.1) is 11.3 Å². The molecule has 3 aromatic rings. The lowest BCUT2D eigenvalue weighted by molar-refractivity contribution is 0.0202. The number of aromatic nitrogens is 1. The summed E-state index contributed by atoms with van der Waals surface area (Å²) in [5, 5.41) is 24.3. The molecule has 2 aliphatic heterocycles. The Labute approximate surface area is 218 Å². The second-order valence-electron chi connectivity index (χ2n) is 9.75. The first kappa shape index (κ1) is 23.2. The Morgan fingerprint density at radius 3 is 2.42 bits per heavy atom. The lowest BCUT2D eigenvalue weighted by Crippen LogP contribution is -2.46. The minimum Gasteiger partial charge on any atom is -0.506 e. The third-order valence-corrected chi connectivity index (χ3v) is 8.06. The Morgan fingerprint density at radius 1 is 1.11 bits per heavy atom. The maximum Gasteiger partial charge on any atom is 0.344 e. The van der Waals surface area contributed by atoms with Crippen molar-refractivity contribution in [3.63, 3.8) is 0 Å². The molecule has 2 aromatic carbocycles. The van der Waals surface area contributed by atoms with E-state index in [0.29, 0.717) is 45.5 Å². The number of rotatable bonds is 5. The second-order valence-corrected chi connectivity index (χ2v) is 10.6. The van der Waals surface area contributed by atoms with Crippen LogP contribution < -0.4 is 4.90 Å². The molecule has 3 atom stereocenters. The van der Waals surface area contributed by atoms with E-state index in [9.17, 15) is 9.90 Å². The lowest BCUT2D eigenvalue weighted by atomic mass is 9.98. The number of carbonyl (C=O) groups is 1. The van der Waals surface area contributed by atoms with Crippen LogP contribution in [0.15, 0.2) is 40.9 Å². The number of carbonyl (C=O) groups excluding carboxylic acids is 1. The molecule has 3 heterocycles. The Balaban J connectivity index is 1.25. The molecule has 0 amide bonds. The highest BCUT2D eigenvalue weighted by Crippen LogP contribution is 2.47. The molecule has 36 heavy (non-hydrogen) atoms. The summed E-state index contributed by atoms with van der Waals surface area (Å²) in [5.74, 6) is 0.211. The molecule has 1 unspecified atom stereocenters. The first-order valence-electron chi connectivity index (χ1n) is 12.1. The number of nitrogens with zero attached hydrogens (tertiary/aromatic N) is 3. The summed E-state index contributed by atoms with van der Waals surface area (Å²) in [5.41, 5.74) is 2.25. The SMILES string of the molecule is N#Cc1ccc(N2[C@@H]3CC[C@H]2CC(OC(=O)c2c(-c4c(Cl)cccc4Cl)noc2C2CC2)C3)cc1O. The van der Waals surface area contributed by atoms with Crippen molar-refractivity contribution < 1.29 is 19.2 Å². The monoisotopic (exact) mass is 523 g/mol. The average molecular weight is 524 g/mol. The third-order valence-electron chi connectivity index (χ3n) is 7.43. The molecule has 3 fully saturated rings. The van der Waals surface area contributed by atoms with E-state index in [4.69, 9.17) is 37.7 Å². The lowest BCUT2D eigenvalue weighted by Gasteiger charge is -2.40. The van der Waals surface area contributed by atoms with Gasteiger partial charge in [-0.1, -0.05) is 34.4 Å². The summed E-state index contributed by atoms with van der Waals surface area (Å²) < 4.78 is 11.7. The second kappa shape index (κ2) is 9.02. The molecular weight excluding hydrogens is 501 g/mol. The number of fused-ring (bicyclic) bond motifs is 2. The number of ether oxygens (including phenoxy) is 1. The molecule has 6 rings (SSSR count). The minimum absolute atomic E-state index is 0.0197. The summed E-state index contributed by atoms with van der Waals surface area (Å²) in [4.78, 5) is 15.8. The van der Waals surface area contributed by atoms with Gasteiger partial charge in [-0.15, -0.1) is 0 Å². The molecule has 2 saturated heterocycles. The number of esters is 1. The van der Waals surface area contributed by atoms with Crippen molar-refractivity contribution in [2.24, 2.45) is 0 Å². The zero-order chi connectivity index (χ0) is 25.0. The van der Waals surface area contributed by atoms with Gasteiger partial charge in [0.25, 0.3) is 0 Å². The Hall–Kier alpha value is -3.21. The molecule has 1 aromatic heterocycles. The number of benzene rings is 2. The van der Waals surface area contributed by atoms with Crippen molar-refractivity contribution in [3.8, 4) is 23.1 Å². The number of nitriles is 1. The summed E-state index contributed by atoms with van der Waals surface area (Å²) in [6, 6.07) is 12.7. The van der Waals surface area contributed by atoms with Crippen molar-refractivity contribution in [3.05, 3.63) is 63.3 Å². The molecule has 7 nitrogen and oxygen atoms in total. The Morgan fingerprint density at radius 2 is 1.81 bits per heavy atom. The van der Waals surface area contributed by atoms with Gasteiger partial charge in [0.2, 0.25) is 0 Å². The van der Waals surface area contributed by atoms with E-state index >= 15 is 0 Å². The normalized spacial score (nSPS) is 22.9. The quantitative estimate of drug-likeness (QED) is 0.383. The van der Waals surface area contributed by atoms with E-state index in [1.54, 1.807) is 30.3 Å². The zero-order valence-corrected chi connectivity index (χ0v) is 20.8. The van der Waals surface area contributed by atoms with E-state index in [1.165, 1.54) is 0 Å². The van der Waals surface area contributed by atoms with E-state index in [2.05, 4.69) is 10.1 Å². The van der Waals surface area contributed by atoms with Crippen LogP contribution >= 0.6 is 23.2 Å². The Kier molecular flexibility index (Phi) is 5.82. The molecule has 2 bridgehead atoms. The van der Waals surface area contributed by atoms with Gasteiger partial charge in [0.1, 0.15) is 29.2 Å². The smallest absolute Gasteiger partial charge is 0.344 e. The predicted octanol–water partition coefficient (Wildman–Crippen LogP) is 6.46. The van der Waals surface area contributed by atoms with Crippen LogP contribution in [0.25, 0.3) is 11.3 Å². The number of phenolic OH excluding ortho intramolecular Hbond substituents is 1. The maximum atomic E-state index is 13.6. The van der Waals surface area contributed by atoms with Crippen molar-refractivity contribution in [1.82, 2.24) is 5.16 Å². The number of aromatic hydroxyl groups is 1. The first-order valence-corrected chi connectivity index (χ1v) is 12.9. The highest BCUT2D eigenvalue weighted by molar-refractivity contribution is 6.39. The van der Waals surface area contributed by atoms with Crippen LogP contribution in [-0.4, -0.2) is 34.4 Å². The molecule has 0 spiro atoms. The number of anilines is 1. The fourth-order valence-electron chi connectivity index (χ4n) is 5.65. The van der Waals surface area contributed by atoms with Gasteiger partial charge in [0.05, 0.1) is 15.6 Å². The minimum atomic E-state index is -0.460. The van der Waals surface area contributed by atoms with E-state index in [-0.39, 0.29) is 35.4 Å². The van der Waals surface area contributed by atoms with E-state index in [1.807, 2.05) is 12.1 Å². The predicted molar refractivity (Wildman–Crippen MR) is 134 cm³/mol. The topological polar surface area (TPSA) is 99.6 Å². The first-order chi connectivity index (χ1) is 17.4. The van der Waals surface area contributed by atoms with Crippen LogP contribution in [0.2, 0.25) is 10.0 Å². The largest absolute Gasteiger partial charge is 0.506 e. The van der Waals surface area contributed by atoms with E-state index < -0.39 is 5.97 Å². The number of halogens is 2. The molecule has 1 aliphatic carbocycles. The molecule has 1 N–H and O–H groups in total. The van der Waals surface area contributed by atoms with E-state index in [0.717, 1.165) is 31.4 Å². The fraction of sp³-hybridized carbons (Fsp3) is 0.370. The van der Waals surface area contributed by atoms with Crippen molar-refractivity contribution in [2.75, 3.05) is 4.90 Å². The van der Waals surface area contributed by atoms with Crippen LogP contribution in [0.1, 0.15) is 66.1 Å². The number of hydrogen-bond donors (Lipinski definition) is 1. The van der Waals surface area contributed by atoms with Gasteiger partial charge in [-0.25, -0.2) is 4.79 Å². The molecule has 0 radical (unpaired) electrons. The van der Waals surface area contributed by atoms with Crippen LogP contribution in [0.4, 0.5) is 5.69 Å². The summed E-state index contributed by atoms with van der Waals surface area (Å²) in [7, 11) is 0. The molecular formula is C27H23Cl2N3O4. The zero-order valence-electron chi connectivity index (χ0n) is 19.3. The third kappa shape index (κ3) is 3.99. The highest BCUT2D eigenvalue weighted by Gasteiger charge is 2.44. The van der Waals surface area contributed by atoms with Crippen LogP contribution in [0.3, 0.4) is 0 Å². The highest BCUT2D eigenvalue weighted by atomic mass is 35.5. The summed E-state index contributed by atoms with van der Waals surface area (Å²) >= 11 is 12.9. The van der Waals surface area contributed by atoms with Gasteiger partial charge in [-0.05, 0) is 49.9 Å².